The van der Waals surface area contributed by atoms with E-state index in [4.69, 9.17) is 0 Å². The minimum atomic E-state index is -0.449. The largest absolute Gasteiger partial charge is 0.229 e. The van der Waals surface area contributed by atoms with E-state index in [1.54, 1.807) is 0 Å². The first kappa shape index (κ1) is 7.07. The zero-order valence-electron chi connectivity index (χ0n) is 6.15. The van der Waals surface area contributed by atoms with Crippen molar-refractivity contribution in [2.24, 2.45) is 0 Å². The Bertz CT molecular complexity index is 84.6. The third kappa shape index (κ3) is 2.35. The van der Waals surface area contributed by atoms with Gasteiger partial charge in [0, 0.05) is 0 Å². The molecule has 0 heterocycles. The predicted molar refractivity (Wildman–Crippen MR) is 36.8 cm³/mol. The standard InChI is InChI=1S/C8H15O/c1-2-3-4-5-8(9)6-7-8/h2-7H2,1H3. The third-order valence-electron chi connectivity index (χ3n) is 2.04. The maximum absolute atomic E-state index is 11.1. The highest BCUT2D eigenvalue weighted by Crippen LogP contribution is 2.40. The van der Waals surface area contributed by atoms with E-state index < -0.39 is 5.60 Å². The average molecular weight is 127 g/mol. The van der Waals surface area contributed by atoms with Gasteiger partial charge in [0.05, 0.1) is 0 Å². The molecule has 1 fully saturated rings. The highest BCUT2D eigenvalue weighted by molar-refractivity contribution is 4.92. The Morgan fingerprint density at radius 1 is 1.33 bits per heavy atom. The summed E-state index contributed by atoms with van der Waals surface area (Å²) in [6, 6.07) is 0. The quantitative estimate of drug-likeness (QED) is 0.517. The van der Waals surface area contributed by atoms with Crippen molar-refractivity contribution >= 4 is 0 Å². The molecule has 0 atom stereocenters. The summed E-state index contributed by atoms with van der Waals surface area (Å²) in [7, 11) is 0. The molecular formula is C8H15O. The van der Waals surface area contributed by atoms with E-state index in [0.717, 1.165) is 25.7 Å². The zero-order valence-corrected chi connectivity index (χ0v) is 6.15. The van der Waals surface area contributed by atoms with Gasteiger partial charge >= 0.3 is 0 Å². The molecule has 1 aliphatic rings. The number of unbranched alkanes of at least 4 members (excludes halogenated alkanes) is 2. The molecule has 9 heavy (non-hydrogen) atoms. The monoisotopic (exact) mass is 127 g/mol. The summed E-state index contributed by atoms with van der Waals surface area (Å²) < 4.78 is 0. The van der Waals surface area contributed by atoms with Gasteiger partial charge in [-0.25, -0.2) is 5.11 Å². The van der Waals surface area contributed by atoms with Gasteiger partial charge in [0.15, 0.2) is 0 Å². The molecule has 1 nitrogen and oxygen atoms in total. The lowest BCUT2D eigenvalue weighted by molar-refractivity contribution is 0.0546. The van der Waals surface area contributed by atoms with Crippen LogP contribution in [0.4, 0.5) is 0 Å². The second kappa shape index (κ2) is 2.70. The van der Waals surface area contributed by atoms with Crippen LogP contribution in [0.15, 0.2) is 0 Å². The van der Waals surface area contributed by atoms with Gasteiger partial charge < -0.3 is 0 Å². The van der Waals surface area contributed by atoms with Gasteiger partial charge in [-0.1, -0.05) is 26.2 Å². The topological polar surface area (TPSA) is 19.9 Å². The van der Waals surface area contributed by atoms with Crippen molar-refractivity contribution in [1.29, 1.82) is 0 Å². The van der Waals surface area contributed by atoms with Crippen molar-refractivity contribution in [2.45, 2.75) is 51.0 Å². The van der Waals surface area contributed by atoms with E-state index in [1.165, 1.54) is 12.8 Å². The minimum Gasteiger partial charge on any atom is -0.229 e. The summed E-state index contributed by atoms with van der Waals surface area (Å²) in [5.41, 5.74) is -0.449. The third-order valence-corrected chi connectivity index (χ3v) is 2.04. The lowest BCUT2D eigenvalue weighted by Gasteiger charge is -2.01. The number of hydrogen-bond acceptors (Lipinski definition) is 0. The molecule has 0 N–H and O–H groups in total. The van der Waals surface area contributed by atoms with Gasteiger partial charge in [0.25, 0.3) is 0 Å². The summed E-state index contributed by atoms with van der Waals surface area (Å²) in [4.78, 5) is 0. The SMILES string of the molecule is CCCCCC1([O])CC1. The first-order valence-electron chi connectivity index (χ1n) is 3.97. The Balaban J connectivity index is 1.92. The summed E-state index contributed by atoms with van der Waals surface area (Å²) >= 11 is 0. The Kier molecular flexibility index (Phi) is 2.12. The fourth-order valence-corrected chi connectivity index (χ4v) is 1.09. The molecule has 0 aliphatic heterocycles. The maximum Gasteiger partial charge on any atom is 0.104 e. The molecule has 0 bridgehead atoms. The second-order valence-corrected chi connectivity index (χ2v) is 3.14. The van der Waals surface area contributed by atoms with E-state index >= 15 is 0 Å². The molecule has 1 radical (unpaired) electrons. The fraction of sp³-hybridized carbons (Fsp3) is 1.00. The van der Waals surface area contributed by atoms with E-state index in [1.807, 2.05) is 0 Å². The van der Waals surface area contributed by atoms with E-state index in [-0.39, 0.29) is 0 Å². The zero-order chi connectivity index (χ0) is 6.74. The van der Waals surface area contributed by atoms with E-state index in [0.29, 0.717) is 0 Å². The summed E-state index contributed by atoms with van der Waals surface area (Å²) in [5.74, 6) is 0. The number of rotatable bonds is 4. The molecule has 0 aromatic heterocycles. The van der Waals surface area contributed by atoms with Crippen LogP contribution < -0.4 is 0 Å². The van der Waals surface area contributed by atoms with Gasteiger partial charge in [0.2, 0.25) is 0 Å². The van der Waals surface area contributed by atoms with Crippen molar-refractivity contribution < 1.29 is 5.11 Å². The van der Waals surface area contributed by atoms with Crippen LogP contribution in [0.5, 0.6) is 0 Å². The molecule has 0 amide bonds. The Morgan fingerprint density at radius 2 is 2.00 bits per heavy atom. The Labute approximate surface area is 57.1 Å². The van der Waals surface area contributed by atoms with E-state index in [2.05, 4.69) is 6.92 Å². The lowest BCUT2D eigenvalue weighted by atomic mass is 10.1. The summed E-state index contributed by atoms with van der Waals surface area (Å²) in [5, 5.41) is 11.1. The van der Waals surface area contributed by atoms with Crippen molar-refractivity contribution in [3.05, 3.63) is 0 Å². The van der Waals surface area contributed by atoms with Crippen LogP contribution in [0.2, 0.25) is 0 Å². The average Bonchev–Trinajstić information content (AvgIpc) is 2.50. The van der Waals surface area contributed by atoms with Gasteiger partial charge in [0.1, 0.15) is 5.60 Å². The number of hydrogen-bond donors (Lipinski definition) is 0. The van der Waals surface area contributed by atoms with Crippen molar-refractivity contribution in [3.8, 4) is 0 Å². The Morgan fingerprint density at radius 3 is 2.44 bits per heavy atom. The van der Waals surface area contributed by atoms with Crippen LogP contribution in [-0.4, -0.2) is 5.60 Å². The molecule has 0 aromatic carbocycles. The van der Waals surface area contributed by atoms with Crippen LogP contribution in [0, 0.1) is 0 Å². The minimum absolute atomic E-state index is 0.449. The van der Waals surface area contributed by atoms with Gasteiger partial charge in [-0.3, -0.25) is 0 Å². The first-order chi connectivity index (χ1) is 4.27. The normalized spacial score (nSPS) is 22.0. The van der Waals surface area contributed by atoms with Crippen molar-refractivity contribution in [1.82, 2.24) is 0 Å². The second-order valence-electron chi connectivity index (χ2n) is 3.14. The molecule has 0 saturated heterocycles. The molecule has 0 spiro atoms. The molecule has 0 unspecified atom stereocenters. The Hall–Kier alpha value is -0.0400. The van der Waals surface area contributed by atoms with Crippen LogP contribution in [0.1, 0.15) is 45.4 Å². The van der Waals surface area contributed by atoms with Crippen LogP contribution in [-0.2, 0) is 5.11 Å². The first-order valence-corrected chi connectivity index (χ1v) is 3.97. The fourth-order valence-electron chi connectivity index (χ4n) is 1.09. The molecule has 0 aromatic rings. The van der Waals surface area contributed by atoms with Gasteiger partial charge in [-0.05, 0) is 19.3 Å². The van der Waals surface area contributed by atoms with Crippen LogP contribution in [0.3, 0.4) is 0 Å². The maximum atomic E-state index is 11.1. The molecule has 53 valence electrons. The molecule has 1 aliphatic carbocycles. The smallest absolute Gasteiger partial charge is 0.104 e. The molecule has 1 saturated carbocycles. The molecular weight excluding hydrogens is 112 g/mol. The van der Waals surface area contributed by atoms with Crippen LogP contribution in [0.25, 0.3) is 0 Å². The van der Waals surface area contributed by atoms with E-state index in [9.17, 15) is 5.11 Å². The molecule has 1 rings (SSSR count). The van der Waals surface area contributed by atoms with Gasteiger partial charge in [-0.15, -0.1) is 0 Å². The highest BCUT2D eigenvalue weighted by Gasteiger charge is 2.41. The van der Waals surface area contributed by atoms with Gasteiger partial charge in [-0.2, -0.15) is 0 Å². The van der Waals surface area contributed by atoms with Crippen molar-refractivity contribution in [3.63, 3.8) is 0 Å². The predicted octanol–water partition coefficient (Wildman–Crippen LogP) is 2.53. The van der Waals surface area contributed by atoms with Crippen LogP contribution >= 0.6 is 0 Å². The van der Waals surface area contributed by atoms with Crippen molar-refractivity contribution in [2.75, 3.05) is 0 Å². The molecule has 1 heteroatoms. The summed E-state index contributed by atoms with van der Waals surface area (Å²) in [6.07, 6.45) is 6.44. The highest BCUT2D eigenvalue weighted by atomic mass is 16.3. The lowest BCUT2D eigenvalue weighted by Crippen LogP contribution is -2.02. The summed E-state index contributed by atoms with van der Waals surface area (Å²) in [6.45, 7) is 2.17.